The van der Waals surface area contributed by atoms with Gasteiger partial charge in [-0.15, -0.1) is 0 Å². The third-order valence-electron chi connectivity index (χ3n) is 16.3. The van der Waals surface area contributed by atoms with Crippen molar-refractivity contribution in [1.82, 2.24) is 0 Å². The van der Waals surface area contributed by atoms with Gasteiger partial charge in [0.2, 0.25) is 0 Å². The van der Waals surface area contributed by atoms with E-state index in [2.05, 4.69) is 62.3 Å². The van der Waals surface area contributed by atoms with E-state index >= 15 is 0 Å². The highest BCUT2D eigenvalue weighted by molar-refractivity contribution is 5.04. The van der Waals surface area contributed by atoms with Gasteiger partial charge < -0.3 is 0 Å². The summed E-state index contributed by atoms with van der Waals surface area (Å²) in [6.45, 7) is 51.4. The average Bonchev–Trinajstić information content (AvgIpc) is 3.89. The van der Waals surface area contributed by atoms with Crippen molar-refractivity contribution < 1.29 is 0 Å². The Bertz CT molecular complexity index is 774. The second-order valence-corrected chi connectivity index (χ2v) is 17.6. The third-order valence-corrected chi connectivity index (χ3v) is 16.3. The lowest BCUT2D eigenvalue weighted by atomic mass is 9.47. The molecule has 0 N–H and O–H groups in total. The predicted molar refractivity (Wildman–Crippen MR) is 250 cm³/mol. The van der Waals surface area contributed by atoms with Crippen molar-refractivity contribution in [3.8, 4) is 0 Å². The summed E-state index contributed by atoms with van der Waals surface area (Å²) in [7, 11) is 0. The van der Waals surface area contributed by atoms with E-state index in [0.29, 0.717) is 10.8 Å². The summed E-state index contributed by atoms with van der Waals surface area (Å²) in [6.07, 6.45) is 22.7. The molecule has 0 radical (unpaired) electrons. The fourth-order valence-electron chi connectivity index (χ4n) is 13.7. The van der Waals surface area contributed by atoms with Crippen molar-refractivity contribution in [2.75, 3.05) is 0 Å². The van der Waals surface area contributed by atoms with E-state index in [1.54, 1.807) is 19.3 Å². The Morgan fingerprint density at radius 3 is 1.08 bits per heavy atom. The SMILES string of the molecule is CC.CC.CC.CC.CC.CC.CC.CC1CC2CCCC2C(C)C1C1(C)C(C)CCCC1C.CC1CCC2CCCC2C1C1(C)C(C)CCCC1C. The molecule has 13 atom stereocenters. The molecule has 0 nitrogen and oxygen atoms in total. The van der Waals surface area contributed by atoms with Gasteiger partial charge in [-0.3, -0.25) is 0 Å². The Labute approximate surface area is 342 Å². The van der Waals surface area contributed by atoms with E-state index in [9.17, 15) is 0 Å². The molecule has 6 fully saturated rings. The quantitative estimate of drug-likeness (QED) is 0.264. The van der Waals surface area contributed by atoms with Gasteiger partial charge in [-0.25, -0.2) is 0 Å². The van der Waals surface area contributed by atoms with Crippen LogP contribution in [0.25, 0.3) is 0 Å². The van der Waals surface area contributed by atoms with E-state index in [4.69, 9.17) is 0 Å². The summed E-state index contributed by atoms with van der Waals surface area (Å²) in [5.74, 6) is 13.0. The van der Waals surface area contributed by atoms with Gasteiger partial charge in [0, 0.05) is 0 Å². The summed E-state index contributed by atoms with van der Waals surface area (Å²) >= 11 is 0. The van der Waals surface area contributed by atoms with E-state index < -0.39 is 0 Å². The summed E-state index contributed by atoms with van der Waals surface area (Å²) in [5, 5.41) is 0. The molecule has 6 aliphatic carbocycles. The zero-order valence-electron chi connectivity index (χ0n) is 42.1. The first-order chi connectivity index (χ1) is 25.5. The summed E-state index contributed by atoms with van der Waals surface area (Å²) in [4.78, 5) is 0. The topological polar surface area (TPSA) is 0 Å². The third kappa shape index (κ3) is 13.8. The van der Waals surface area contributed by atoms with Crippen LogP contribution in [0.1, 0.15) is 256 Å². The van der Waals surface area contributed by atoms with Crippen LogP contribution in [0.4, 0.5) is 0 Å². The Balaban J connectivity index is -0.000000711. The molecule has 0 heteroatoms. The Morgan fingerprint density at radius 1 is 0.321 bits per heavy atom. The van der Waals surface area contributed by atoms with Gasteiger partial charge in [0.15, 0.2) is 0 Å². The lowest BCUT2D eigenvalue weighted by Crippen LogP contribution is -2.51. The van der Waals surface area contributed by atoms with Gasteiger partial charge in [0.1, 0.15) is 0 Å². The van der Waals surface area contributed by atoms with Crippen LogP contribution >= 0.6 is 0 Å². The molecular formula is C53H112. The normalized spacial score (nSPS) is 41.8. The molecule has 0 aromatic carbocycles. The van der Waals surface area contributed by atoms with Crippen molar-refractivity contribution in [2.45, 2.75) is 256 Å². The van der Waals surface area contributed by atoms with Crippen LogP contribution in [0.5, 0.6) is 0 Å². The van der Waals surface area contributed by atoms with Crippen molar-refractivity contribution in [2.24, 2.45) is 87.8 Å². The maximum atomic E-state index is 2.68. The van der Waals surface area contributed by atoms with Gasteiger partial charge in [-0.05, 0) is 113 Å². The van der Waals surface area contributed by atoms with E-state index in [-0.39, 0.29) is 0 Å². The van der Waals surface area contributed by atoms with E-state index in [0.717, 1.165) is 76.9 Å². The highest BCUT2D eigenvalue weighted by Gasteiger charge is 2.55. The molecule has 0 amide bonds. The van der Waals surface area contributed by atoms with E-state index in [1.807, 2.05) is 96.9 Å². The molecule has 0 aliphatic heterocycles. The standard InChI is InChI=1S/C20H36.C19H34.7C2H6/c1-13-12-17-10-7-11-18(17)16(4)19(13)20(5)14(2)8-6-9-15(20)3;1-13-11-12-16-9-6-10-17(16)18(13)19(4)14(2)7-5-8-15(19)3;7*1-2/h13-19H,6-12H2,1-5H3;13-18H,5-12H2,1-4H3;7*1-2H3. The van der Waals surface area contributed by atoms with Gasteiger partial charge in [-0.1, -0.05) is 230 Å². The highest BCUT2D eigenvalue weighted by Crippen LogP contribution is 2.62. The molecule has 6 rings (SSSR count). The van der Waals surface area contributed by atoms with Crippen LogP contribution in [0.3, 0.4) is 0 Å². The minimum absolute atomic E-state index is 0.602. The number of hydrogen-bond donors (Lipinski definition) is 0. The zero-order valence-corrected chi connectivity index (χ0v) is 42.1. The maximum Gasteiger partial charge on any atom is -0.0241 e. The Morgan fingerprint density at radius 2 is 0.660 bits per heavy atom. The molecule has 6 saturated carbocycles. The first-order valence-electron chi connectivity index (χ1n) is 25.5. The summed E-state index contributed by atoms with van der Waals surface area (Å²) in [6, 6.07) is 0. The van der Waals surface area contributed by atoms with Crippen LogP contribution in [-0.4, -0.2) is 0 Å². The second-order valence-electron chi connectivity index (χ2n) is 17.6. The van der Waals surface area contributed by atoms with Crippen molar-refractivity contribution in [3.63, 3.8) is 0 Å². The monoisotopic (exact) mass is 749 g/mol. The Hall–Kier alpha value is 0. The number of rotatable bonds is 2. The summed E-state index contributed by atoms with van der Waals surface area (Å²) in [5.41, 5.74) is 1.23. The van der Waals surface area contributed by atoms with Gasteiger partial charge in [0.05, 0.1) is 0 Å². The molecule has 324 valence electrons. The fraction of sp³-hybridized carbons (Fsp3) is 1.00. The van der Waals surface area contributed by atoms with Gasteiger partial charge >= 0.3 is 0 Å². The van der Waals surface area contributed by atoms with Crippen LogP contribution < -0.4 is 0 Å². The number of fused-ring (bicyclic) bond motifs is 2. The van der Waals surface area contributed by atoms with Crippen LogP contribution in [0, 0.1) is 87.8 Å². The lowest BCUT2D eigenvalue weighted by Gasteiger charge is -2.58. The smallest absolute Gasteiger partial charge is 0.0241 e. The molecule has 53 heavy (non-hydrogen) atoms. The highest BCUT2D eigenvalue weighted by atomic mass is 14.6. The molecule has 0 spiro atoms. The molecule has 0 saturated heterocycles. The molecule has 0 bridgehead atoms. The molecule has 13 unspecified atom stereocenters. The zero-order chi connectivity index (χ0) is 42.1. The second kappa shape index (κ2) is 31.0. The van der Waals surface area contributed by atoms with Crippen molar-refractivity contribution >= 4 is 0 Å². The van der Waals surface area contributed by atoms with Crippen LogP contribution in [0.2, 0.25) is 0 Å². The minimum Gasteiger partial charge on any atom is -0.0683 e. The van der Waals surface area contributed by atoms with Crippen LogP contribution in [-0.2, 0) is 0 Å². The first kappa shape index (κ1) is 57.3. The predicted octanol–water partition coefficient (Wildman–Crippen LogP) is 19.3. The lowest BCUT2D eigenvalue weighted by molar-refractivity contribution is -0.0919. The largest absolute Gasteiger partial charge is 0.0683 e. The van der Waals surface area contributed by atoms with E-state index in [1.165, 1.54) is 77.0 Å². The first-order valence-corrected chi connectivity index (χ1v) is 25.5. The molecular weight excluding hydrogens is 637 g/mol. The minimum atomic E-state index is 0.602. The number of hydrogen-bond acceptors (Lipinski definition) is 0. The Kier molecular flexibility index (Phi) is 33.6. The molecule has 6 aliphatic rings. The molecule has 0 heterocycles. The van der Waals surface area contributed by atoms with Crippen molar-refractivity contribution in [3.05, 3.63) is 0 Å². The van der Waals surface area contributed by atoms with Gasteiger partial charge in [0.25, 0.3) is 0 Å². The molecule has 0 aromatic rings. The fourth-order valence-corrected chi connectivity index (χ4v) is 13.7. The maximum absolute atomic E-state index is 2.68. The summed E-state index contributed by atoms with van der Waals surface area (Å²) < 4.78 is 0. The average molecular weight is 749 g/mol. The van der Waals surface area contributed by atoms with Crippen molar-refractivity contribution in [1.29, 1.82) is 0 Å². The van der Waals surface area contributed by atoms with Crippen LogP contribution in [0.15, 0.2) is 0 Å². The molecule has 0 aromatic heterocycles. The van der Waals surface area contributed by atoms with Gasteiger partial charge in [-0.2, -0.15) is 0 Å².